The van der Waals surface area contributed by atoms with Crippen molar-refractivity contribution in [3.05, 3.63) is 12.4 Å². The highest BCUT2D eigenvalue weighted by Gasteiger charge is 2.29. The zero-order valence-electron chi connectivity index (χ0n) is 15.3. The number of hydrogen-bond acceptors (Lipinski definition) is 4. The van der Waals surface area contributed by atoms with E-state index in [0.29, 0.717) is 25.6 Å². The molecule has 1 aromatic heterocycles. The number of amides is 2. The third-order valence-corrected chi connectivity index (χ3v) is 4.15. The van der Waals surface area contributed by atoms with E-state index in [2.05, 4.69) is 15.4 Å². The maximum absolute atomic E-state index is 12.5. The van der Waals surface area contributed by atoms with Gasteiger partial charge in [-0.3, -0.25) is 19.3 Å². The SMILES string of the molecule is CCNC(=NCC(C)(C)C(N)=O)N1CCN(c2cnn(C)c2)C(=O)C1. The molecule has 0 saturated carbocycles. The van der Waals surface area contributed by atoms with Gasteiger partial charge in [-0.15, -0.1) is 0 Å². The number of rotatable bonds is 5. The van der Waals surface area contributed by atoms with Crippen LogP contribution in [0.4, 0.5) is 5.69 Å². The zero-order valence-corrected chi connectivity index (χ0v) is 15.3. The number of nitrogens with one attached hydrogen (secondary N) is 1. The van der Waals surface area contributed by atoms with Crippen molar-refractivity contribution in [1.29, 1.82) is 0 Å². The largest absolute Gasteiger partial charge is 0.369 e. The second kappa shape index (κ2) is 7.54. The summed E-state index contributed by atoms with van der Waals surface area (Å²) in [6, 6.07) is 0. The summed E-state index contributed by atoms with van der Waals surface area (Å²) in [7, 11) is 1.82. The highest BCUT2D eigenvalue weighted by Crippen LogP contribution is 2.17. The van der Waals surface area contributed by atoms with Gasteiger partial charge >= 0.3 is 0 Å². The summed E-state index contributed by atoms with van der Waals surface area (Å²) in [5.74, 6) is 0.208. The Hall–Kier alpha value is -2.58. The molecule has 9 heteroatoms. The molecule has 25 heavy (non-hydrogen) atoms. The first kappa shape index (κ1) is 18.8. The molecular weight excluding hydrogens is 322 g/mol. The van der Waals surface area contributed by atoms with Crippen molar-refractivity contribution in [3.63, 3.8) is 0 Å². The molecule has 0 radical (unpaired) electrons. The molecule has 3 N–H and O–H groups in total. The van der Waals surface area contributed by atoms with Crippen molar-refractivity contribution in [2.75, 3.05) is 37.6 Å². The Morgan fingerprint density at radius 2 is 2.16 bits per heavy atom. The molecule has 2 heterocycles. The van der Waals surface area contributed by atoms with Gasteiger partial charge in [0.25, 0.3) is 0 Å². The molecule has 1 fully saturated rings. The second-order valence-corrected chi connectivity index (χ2v) is 6.76. The van der Waals surface area contributed by atoms with E-state index in [-0.39, 0.29) is 19.0 Å². The number of nitrogens with two attached hydrogens (primary N) is 1. The molecule has 9 nitrogen and oxygen atoms in total. The molecule has 0 bridgehead atoms. The number of carbonyl (C=O) groups is 2. The van der Waals surface area contributed by atoms with Crippen LogP contribution < -0.4 is 16.0 Å². The van der Waals surface area contributed by atoms with Crippen molar-refractivity contribution in [3.8, 4) is 0 Å². The van der Waals surface area contributed by atoms with E-state index in [0.717, 1.165) is 5.69 Å². The molecule has 0 atom stereocenters. The van der Waals surface area contributed by atoms with Crippen LogP contribution in [-0.4, -0.2) is 65.2 Å². The molecule has 1 aliphatic rings. The summed E-state index contributed by atoms with van der Waals surface area (Å²) in [6.07, 6.45) is 3.50. The normalized spacial score (nSPS) is 16.3. The number of carbonyl (C=O) groups excluding carboxylic acids is 2. The van der Waals surface area contributed by atoms with Crippen molar-refractivity contribution < 1.29 is 9.59 Å². The lowest BCUT2D eigenvalue weighted by molar-refractivity contribution is -0.125. The molecule has 2 amide bonds. The number of aromatic nitrogens is 2. The molecule has 0 unspecified atom stereocenters. The Morgan fingerprint density at radius 3 is 2.68 bits per heavy atom. The predicted molar refractivity (Wildman–Crippen MR) is 96.1 cm³/mol. The highest BCUT2D eigenvalue weighted by molar-refractivity contribution is 5.98. The summed E-state index contributed by atoms with van der Waals surface area (Å²) >= 11 is 0. The minimum absolute atomic E-state index is 0.0148. The third-order valence-electron chi connectivity index (χ3n) is 4.15. The first-order valence-electron chi connectivity index (χ1n) is 8.36. The van der Waals surface area contributed by atoms with E-state index in [9.17, 15) is 9.59 Å². The molecule has 0 aromatic carbocycles. The lowest BCUT2D eigenvalue weighted by atomic mass is 9.93. The van der Waals surface area contributed by atoms with Gasteiger partial charge in [-0.2, -0.15) is 5.10 Å². The monoisotopic (exact) mass is 349 g/mol. The van der Waals surface area contributed by atoms with E-state index in [4.69, 9.17) is 5.73 Å². The van der Waals surface area contributed by atoms with E-state index >= 15 is 0 Å². The number of aliphatic imine (C=N–C) groups is 1. The molecule has 138 valence electrons. The highest BCUT2D eigenvalue weighted by atomic mass is 16.2. The molecule has 1 aromatic rings. The van der Waals surface area contributed by atoms with Crippen molar-refractivity contribution in [2.45, 2.75) is 20.8 Å². The van der Waals surface area contributed by atoms with Gasteiger partial charge in [-0.25, -0.2) is 0 Å². The van der Waals surface area contributed by atoms with Gasteiger partial charge in [0.1, 0.15) is 6.54 Å². The number of anilines is 1. The second-order valence-electron chi connectivity index (χ2n) is 6.76. The number of piperazine rings is 1. The van der Waals surface area contributed by atoms with Gasteiger partial charge in [0.05, 0.1) is 23.8 Å². The van der Waals surface area contributed by atoms with Gasteiger partial charge in [-0.05, 0) is 20.8 Å². The lowest BCUT2D eigenvalue weighted by Gasteiger charge is -2.35. The quantitative estimate of drug-likeness (QED) is 0.553. The number of primary amides is 1. The maximum atomic E-state index is 12.5. The first-order chi connectivity index (χ1) is 11.7. The van der Waals surface area contributed by atoms with Crippen LogP contribution in [0.5, 0.6) is 0 Å². The van der Waals surface area contributed by atoms with E-state index in [1.54, 1.807) is 29.6 Å². The summed E-state index contributed by atoms with van der Waals surface area (Å²) in [5, 5.41) is 7.29. The average Bonchev–Trinajstić information content (AvgIpc) is 2.97. The average molecular weight is 349 g/mol. The molecule has 1 aliphatic heterocycles. The third kappa shape index (κ3) is 4.49. The Labute approximate surface area is 147 Å². The van der Waals surface area contributed by atoms with Crippen LogP contribution >= 0.6 is 0 Å². The molecule has 2 rings (SSSR count). The fourth-order valence-electron chi connectivity index (χ4n) is 2.45. The fraction of sp³-hybridized carbons (Fsp3) is 0.625. The van der Waals surface area contributed by atoms with Crippen LogP contribution in [0.25, 0.3) is 0 Å². The fourth-order valence-corrected chi connectivity index (χ4v) is 2.45. The van der Waals surface area contributed by atoms with Crippen LogP contribution in [0.1, 0.15) is 20.8 Å². The lowest BCUT2D eigenvalue weighted by Crippen LogP contribution is -2.55. The van der Waals surface area contributed by atoms with E-state index in [1.807, 2.05) is 25.1 Å². The number of hydrogen-bond donors (Lipinski definition) is 2. The van der Waals surface area contributed by atoms with Crippen LogP contribution in [0.2, 0.25) is 0 Å². The van der Waals surface area contributed by atoms with Gasteiger partial charge in [0.2, 0.25) is 11.8 Å². The molecule has 1 saturated heterocycles. The maximum Gasteiger partial charge on any atom is 0.246 e. The van der Waals surface area contributed by atoms with Crippen molar-refractivity contribution >= 4 is 23.5 Å². The van der Waals surface area contributed by atoms with Gasteiger partial charge in [-0.1, -0.05) is 0 Å². The van der Waals surface area contributed by atoms with Crippen molar-refractivity contribution in [1.82, 2.24) is 20.0 Å². The summed E-state index contributed by atoms with van der Waals surface area (Å²) in [4.78, 5) is 32.1. The van der Waals surface area contributed by atoms with Crippen LogP contribution in [0, 0.1) is 5.41 Å². The Morgan fingerprint density at radius 1 is 1.44 bits per heavy atom. The van der Waals surface area contributed by atoms with Gasteiger partial charge < -0.3 is 20.9 Å². The van der Waals surface area contributed by atoms with Gasteiger partial charge in [0, 0.05) is 32.9 Å². The topological polar surface area (TPSA) is 109 Å². The molecule has 0 aliphatic carbocycles. The zero-order chi connectivity index (χ0) is 18.6. The van der Waals surface area contributed by atoms with E-state index < -0.39 is 11.3 Å². The number of aryl methyl sites for hydroxylation is 1. The predicted octanol–water partition coefficient (Wildman–Crippen LogP) is -0.454. The first-order valence-corrected chi connectivity index (χ1v) is 8.36. The number of nitrogens with zero attached hydrogens (tertiary/aromatic N) is 5. The van der Waals surface area contributed by atoms with Crippen molar-refractivity contribution in [2.24, 2.45) is 23.2 Å². The Kier molecular flexibility index (Phi) is 5.66. The Bertz CT molecular complexity index is 665. The van der Waals surface area contributed by atoms with Crippen LogP contribution in [-0.2, 0) is 16.6 Å². The minimum Gasteiger partial charge on any atom is -0.369 e. The standard InChI is InChI=1S/C16H27N7O2/c1-5-18-15(19-11-16(2,3)14(17)25)22-6-7-23(13(24)10-22)12-8-20-21(4)9-12/h8-9H,5-7,10-11H2,1-4H3,(H2,17,25)(H,18,19). The molecule has 0 spiro atoms. The summed E-state index contributed by atoms with van der Waals surface area (Å²) < 4.78 is 1.67. The van der Waals surface area contributed by atoms with Gasteiger partial charge in [0.15, 0.2) is 5.96 Å². The summed E-state index contributed by atoms with van der Waals surface area (Å²) in [6.45, 7) is 7.83. The van der Waals surface area contributed by atoms with Crippen LogP contribution in [0.3, 0.4) is 0 Å². The Balaban J connectivity index is 2.08. The van der Waals surface area contributed by atoms with E-state index in [1.165, 1.54) is 0 Å². The smallest absolute Gasteiger partial charge is 0.246 e. The van der Waals surface area contributed by atoms with Crippen LogP contribution in [0.15, 0.2) is 17.4 Å². The summed E-state index contributed by atoms with van der Waals surface area (Å²) in [5.41, 5.74) is 5.47. The minimum atomic E-state index is -0.734. The number of guanidine groups is 1. The molecular formula is C16H27N7O2.